The average Bonchev–Trinajstić information content (AvgIpc) is 3.48. The molecule has 0 N–H and O–H groups in total. The van der Waals surface area contributed by atoms with Gasteiger partial charge in [-0.15, -0.1) is 0 Å². The predicted octanol–water partition coefficient (Wildman–Crippen LogP) is 4.44. The Morgan fingerprint density at radius 1 is 0.735 bits per heavy atom. The summed E-state index contributed by atoms with van der Waals surface area (Å²) in [4.78, 5) is 40.7. The number of aldehydes is 2. The van der Waals surface area contributed by atoms with E-state index in [4.69, 9.17) is 14.2 Å². The zero-order valence-corrected chi connectivity index (χ0v) is 27.8. The van der Waals surface area contributed by atoms with Gasteiger partial charge in [0, 0.05) is 56.0 Å². The minimum atomic E-state index is -0.778. The first-order valence-electron chi connectivity index (χ1n) is 17.4. The third-order valence-corrected chi connectivity index (χ3v) is 9.96. The number of carbonyl (C=O) groups excluding carboxylic acids is 3. The van der Waals surface area contributed by atoms with Gasteiger partial charge in [-0.05, 0) is 81.8 Å². The van der Waals surface area contributed by atoms with Gasteiger partial charge >= 0.3 is 5.97 Å². The van der Waals surface area contributed by atoms with Crippen molar-refractivity contribution in [2.75, 3.05) is 39.4 Å². The molecule has 3 aliphatic heterocycles. The number of nitriles is 4. The lowest BCUT2D eigenvalue weighted by molar-refractivity contribution is -0.138. The summed E-state index contributed by atoms with van der Waals surface area (Å²) in [5.41, 5.74) is 3.43. The van der Waals surface area contributed by atoms with E-state index in [1.54, 1.807) is 0 Å². The van der Waals surface area contributed by atoms with E-state index in [9.17, 15) is 35.4 Å². The van der Waals surface area contributed by atoms with Gasteiger partial charge in [0.1, 0.15) is 42.5 Å². The van der Waals surface area contributed by atoms with E-state index >= 15 is 0 Å². The van der Waals surface area contributed by atoms with Gasteiger partial charge in [0.2, 0.25) is 0 Å². The number of ether oxygens (including phenoxy) is 3. The molecule has 2 aliphatic carbocycles. The van der Waals surface area contributed by atoms with Crippen molar-refractivity contribution in [1.29, 1.82) is 21.0 Å². The number of allylic oxidation sites excluding steroid dienone is 6. The number of esters is 1. The van der Waals surface area contributed by atoms with Crippen LogP contribution in [0.4, 0.5) is 0 Å². The van der Waals surface area contributed by atoms with Crippen LogP contribution in [-0.2, 0) is 28.6 Å². The van der Waals surface area contributed by atoms with Crippen molar-refractivity contribution in [2.45, 2.75) is 89.4 Å². The highest BCUT2D eigenvalue weighted by molar-refractivity contribution is 5.95. The van der Waals surface area contributed by atoms with E-state index in [0.29, 0.717) is 66.6 Å². The highest BCUT2D eigenvalue weighted by Gasteiger charge is 2.46. The van der Waals surface area contributed by atoms with E-state index in [0.717, 1.165) is 88.7 Å². The highest BCUT2D eigenvalue weighted by Crippen LogP contribution is 2.42. The summed E-state index contributed by atoms with van der Waals surface area (Å²) in [6, 6.07) is 8.66. The molecule has 5 rings (SSSR count). The number of rotatable bonds is 14. The molecule has 0 saturated carbocycles. The maximum absolute atomic E-state index is 12.9. The monoisotopic (exact) mass is 666 g/mol. The Labute approximate surface area is 287 Å². The highest BCUT2D eigenvalue weighted by atomic mass is 16.8. The van der Waals surface area contributed by atoms with Gasteiger partial charge in [0.15, 0.2) is 6.29 Å². The first-order valence-corrected chi connectivity index (χ1v) is 17.4. The number of carbonyl (C=O) groups is 3. The maximum atomic E-state index is 12.9. The Morgan fingerprint density at radius 2 is 1.27 bits per heavy atom. The molecule has 12 nitrogen and oxygen atoms in total. The molecule has 0 bridgehead atoms. The molecule has 3 saturated heterocycles. The Bertz CT molecular complexity index is 1600. The smallest absolute Gasteiger partial charge is 0.349 e. The summed E-state index contributed by atoms with van der Waals surface area (Å²) in [5, 5.41) is 39.9. The van der Waals surface area contributed by atoms with Crippen LogP contribution in [0.2, 0.25) is 0 Å². The molecule has 0 aromatic heterocycles. The number of likely N-dealkylation sites (tertiary alicyclic amines) is 2. The molecule has 12 heteroatoms. The van der Waals surface area contributed by atoms with Crippen LogP contribution in [0.1, 0.15) is 77.0 Å². The van der Waals surface area contributed by atoms with Crippen molar-refractivity contribution in [3.8, 4) is 24.3 Å². The molecule has 256 valence electrons. The molecule has 3 fully saturated rings. The SMILES string of the molecule is N#CC1=C(N2CCCC2)CC(C=O)C/C1=C(/C#N)C(=O)OCCCCCCOC1OC1/C(C#N)=C1\CC(C=O)CC(N2CCCC2)=C1C#N. The van der Waals surface area contributed by atoms with Crippen LogP contribution in [0, 0.1) is 57.2 Å². The van der Waals surface area contributed by atoms with Gasteiger partial charge < -0.3 is 33.6 Å². The Kier molecular flexibility index (Phi) is 12.4. The number of nitrogens with zero attached hydrogens (tertiary/aromatic N) is 6. The van der Waals surface area contributed by atoms with Crippen molar-refractivity contribution < 1.29 is 28.6 Å². The van der Waals surface area contributed by atoms with Crippen LogP contribution in [0.25, 0.3) is 0 Å². The second-order valence-electron chi connectivity index (χ2n) is 13.2. The Balaban J connectivity index is 1.08. The quantitative estimate of drug-likeness (QED) is 0.0635. The van der Waals surface area contributed by atoms with Crippen LogP contribution in [0.5, 0.6) is 0 Å². The van der Waals surface area contributed by atoms with Gasteiger partial charge in [-0.2, -0.15) is 21.0 Å². The number of hydrogen-bond acceptors (Lipinski definition) is 12. The third kappa shape index (κ3) is 8.28. The first-order chi connectivity index (χ1) is 24.0. The molecule has 49 heavy (non-hydrogen) atoms. The standard InChI is InChI=1S/C37H42N6O6/c38-19-29-27(15-25(23-44)17-33(29)42-9-3-4-10-42)31(21-40)35-37(49-35)48-14-8-2-1-7-13-47-36(46)32(22-41)28-16-26(24-45)18-34(30(28)20-39)43-11-5-6-12-43/h23-26,35,37H,1-18H2/b31-27+,32-28+. The Morgan fingerprint density at radius 3 is 1.78 bits per heavy atom. The molecule has 4 atom stereocenters. The fourth-order valence-electron chi connectivity index (χ4n) is 7.36. The molecule has 5 aliphatic rings. The summed E-state index contributed by atoms with van der Waals surface area (Å²) in [7, 11) is 0. The maximum Gasteiger partial charge on any atom is 0.349 e. The van der Waals surface area contributed by atoms with Crippen LogP contribution >= 0.6 is 0 Å². The molecular formula is C37H42N6O6. The third-order valence-electron chi connectivity index (χ3n) is 9.96. The lowest BCUT2D eigenvalue weighted by Crippen LogP contribution is -2.27. The van der Waals surface area contributed by atoms with E-state index in [1.165, 1.54) is 0 Å². The van der Waals surface area contributed by atoms with E-state index in [-0.39, 0.29) is 24.5 Å². The summed E-state index contributed by atoms with van der Waals surface area (Å²) in [6.45, 7) is 3.77. The van der Waals surface area contributed by atoms with E-state index in [2.05, 4.69) is 28.0 Å². The topological polar surface area (TPSA) is 184 Å². The van der Waals surface area contributed by atoms with Crippen LogP contribution in [-0.4, -0.2) is 80.1 Å². The summed E-state index contributed by atoms with van der Waals surface area (Å²) in [5.74, 6) is -1.46. The largest absolute Gasteiger partial charge is 0.462 e. The van der Waals surface area contributed by atoms with Crippen molar-refractivity contribution in [1.82, 2.24) is 9.80 Å². The van der Waals surface area contributed by atoms with Crippen molar-refractivity contribution >= 4 is 18.5 Å². The van der Waals surface area contributed by atoms with Gasteiger partial charge in [-0.1, -0.05) is 6.42 Å². The number of hydrogen-bond donors (Lipinski definition) is 0. The van der Waals surface area contributed by atoms with Crippen LogP contribution in [0.15, 0.2) is 44.8 Å². The van der Waals surface area contributed by atoms with Crippen molar-refractivity contribution in [3.63, 3.8) is 0 Å². The predicted molar refractivity (Wildman–Crippen MR) is 174 cm³/mol. The van der Waals surface area contributed by atoms with Gasteiger partial charge in [-0.25, -0.2) is 4.79 Å². The van der Waals surface area contributed by atoms with Crippen LogP contribution in [0.3, 0.4) is 0 Å². The summed E-state index contributed by atoms with van der Waals surface area (Å²) < 4.78 is 17.0. The fourth-order valence-corrected chi connectivity index (χ4v) is 7.36. The van der Waals surface area contributed by atoms with Crippen molar-refractivity contribution in [3.05, 3.63) is 44.8 Å². The minimum Gasteiger partial charge on any atom is -0.462 e. The zero-order valence-electron chi connectivity index (χ0n) is 27.8. The molecular weight excluding hydrogens is 624 g/mol. The number of unbranched alkanes of at least 4 members (excludes halogenated alkanes) is 3. The second-order valence-corrected chi connectivity index (χ2v) is 13.2. The van der Waals surface area contributed by atoms with Gasteiger partial charge in [0.05, 0.1) is 29.4 Å². The van der Waals surface area contributed by atoms with Gasteiger partial charge in [0.25, 0.3) is 0 Å². The lowest BCUT2D eigenvalue weighted by atomic mass is 9.81. The molecule has 0 aromatic carbocycles. The van der Waals surface area contributed by atoms with Crippen molar-refractivity contribution in [2.24, 2.45) is 11.8 Å². The fraction of sp³-hybridized carbons (Fsp3) is 0.595. The average molecular weight is 667 g/mol. The van der Waals surface area contributed by atoms with E-state index in [1.807, 2.05) is 6.07 Å². The summed E-state index contributed by atoms with van der Waals surface area (Å²) >= 11 is 0. The zero-order chi connectivity index (χ0) is 34.8. The molecule has 0 amide bonds. The number of epoxide rings is 1. The van der Waals surface area contributed by atoms with E-state index < -0.39 is 24.3 Å². The van der Waals surface area contributed by atoms with Gasteiger partial charge in [-0.3, -0.25) is 0 Å². The van der Waals surface area contributed by atoms with Crippen LogP contribution < -0.4 is 0 Å². The molecule has 0 aromatic rings. The first kappa shape index (κ1) is 35.6. The second kappa shape index (κ2) is 17.1. The molecule has 0 spiro atoms. The summed E-state index contributed by atoms with van der Waals surface area (Å²) in [6.07, 6.45) is 8.92. The minimum absolute atomic E-state index is 0.114. The molecule has 4 unspecified atom stereocenters. The molecule has 3 heterocycles. The lowest BCUT2D eigenvalue weighted by Gasteiger charge is -2.30. The normalized spacial score (nSPS) is 27.1. The molecule has 0 radical (unpaired) electrons. The Hall–Kier alpha value is -4.75.